The van der Waals surface area contributed by atoms with E-state index in [-0.39, 0.29) is 5.91 Å². The first-order chi connectivity index (χ1) is 10.1. The molecule has 1 N–H and O–H groups in total. The fraction of sp³-hybridized carbons (Fsp3) is 0.588. The van der Waals surface area contributed by atoms with Gasteiger partial charge in [0.15, 0.2) is 0 Å². The summed E-state index contributed by atoms with van der Waals surface area (Å²) < 4.78 is 5.66. The highest BCUT2D eigenvalue weighted by Crippen LogP contribution is 2.17. The van der Waals surface area contributed by atoms with Crippen LogP contribution in [0.5, 0.6) is 5.75 Å². The Balaban J connectivity index is 1.75. The van der Waals surface area contributed by atoms with E-state index in [1.165, 1.54) is 5.56 Å². The second-order valence-corrected chi connectivity index (χ2v) is 5.92. The van der Waals surface area contributed by atoms with Crippen LogP contribution in [0.1, 0.15) is 25.3 Å². The highest BCUT2D eigenvalue weighted by atomic mass is 16.5. The molecule has 21 heavy (non-hydrogen) atoms. The predicted octanol–water partition coefficient (Wildman–Crippen LogP) is 2.22. The van der Waals surface area contributed by atoms with Crippen LogP contribution in [0.2, 0.25) is 0 Å². The molecule has 0 aromatic heterocycles. The molecule has 0 bridgehead atoms. The third-order valence-electron chi connectivity index (χ3n) is 4.20. The number of likely N-dealkylation sites (tertiary alicyclic amines) is 1. The monoisotopic (exact) mass is 290 g/mol. The maximum atomic E-state index is 12.2. The molecule has 0 saturated carbocycles. The molecule has 0 radical (unpaired) electrons. The first kappa shape index (κ1) is 15.8. The van der Waals surface area contributed by atoms with E-state index in [0.717, 1.165) is 25.3 Å². The van der Waals surface area contributed by atoms with Crippen LogP contribution in [0.25, 0.3) is 0 Å². The van der Waals surface area contributed by atoms with Crippen molar-refractivity contribution in [3.63, 3.8) is 0 Å². The van der Waals surface area contributed by atoms with E-state index in [1.54, 1.807) is 0 Å². The third-order valence-corrected chi connectivity index (χ3v) is 4.20. The van der Waals surface area contributed by atoms with Crippen molar-refractivity contribution in [1.29, 1.82) is 0 Å². The molecule has 1 saturated heterocycles. The van der Waals surface area contributed by atoms with Crippen molar-refractivity contribution in [3.05, 3.63) is 29.8 Å². The average molecular weight is 290 g/mol. The van der Waals surface area contributed by atoms with E-state index in [1.807, 2.05) is 43.1 Å². The number of carbonyl (C=O) groups is 1. The van der Waals surface area contributed by atoms with Gasteiger partial charge < -0.3 is 15.0 Å². The second-order valence-electron chi connectivity index (χ2n) is 5.92. The summed E-state index contributed by atoms with van der Waals surface area (Å²) in [5.74, 6) is 1.54. The van der Waals surface area contributed by atoms with Crippen LogP contribution in [0.3, 0.4) is 0 Å². The molecule has 0 aliphatic carbocycles. The van der Waals surface area contributed by atoms with Gasteiger partial charge in [0, 0.05) is 19.1 Å². The van der Waals surface area contributed by atoms with Gasteiger partial charge in [-0.25, -0.2) is 0 Å². The number of aryl methyl sites for hydroxylation is 1. The number of nitrogens with zero attached hydrogens (tertiary/aromatic N) is 1. The molecule has 1 aromatic rings. The van der Waals surface area contributed by atoms with Crippen molar-refractivity contribution >= 4 is 5.91 Å². The number of hydrogen-bond acceptors (Lipinski definition) is 3. The van der Waals surface area contributed by atoms with Gasteiger partial charge in [0.05, 0.1) is 13.0 Å². The van der Waals surface area contributed by atoms with Crippen molar-refractivity contribution in [2.24, 2.45) is 5.92 Å². The SMILES string of the molecule is CNC1CCN(C(=O)CCOc2cccc(C)c2)CC1C. The Morgan fingerprint density at radius 2 is 2.29 bits per heavy atom. The normalized spacial score (nSPS) is 22.1. The van der Waals surface area contributed by atoms with E-state index >= 15 is 0 Å². The van der Waals surface area contributed by atoms with Crippen LogP contribution in [0, 0.1) is 12.8 Å². The Bertz CT molecular complexity index is 476. The molecule has 0 spiro atoms. The number of amides is 1. The Hall–Kier alpha value is -1.55. The molecular weight excluding hydrogens is 264 g/mol. The van der Waals surface area contributed by atoms with Crippen LogP contribution in [-0.2, 0) is 4.79 Å². The van der Waals surface area contributed by atoms with Gasteiger partial charge in [-0.2, -0.15) is 0 Å². The van der Waals surface area contributed by atoms with Gasteiger partial charge in [0.1, 0.15) is 5.75 Å². The van der Waals surface area contributed by atoms with Crippen LogP contribution in [-0.4, -0.2) is 43.6 Å². The lowest BCUT2D eigenvalue weighted by Crippen LogP contribution is -2.49. The number of rotatable bonds is 5. The molecule has 2 atom stereocenters. The lowest BCUT2D eigenvalue weighted by molar-refractivity contribution is -0.133. The van der Waals surface area contributed by atoms with Crippen LogP contribution < -0.4 is 10.1 Å². The van der Waals surface area contributed by atoms with Gasteiger partial charge in [-0.15, -0.1) is 0 Å². The predicted molar refractivity (Wildman–Crippen MR) is 84.5 cm³/mol. The largest absolute Gasteiger partial charge is 0.493 e. The zero-order valence-electron chi connectivity index (χ0n) is 13.3. The van der Waals surface area contributed by atoms with E-state index < -0.39 is 0 Å². The number of hydrogen-bond donors (Lipinski definition) is 1. The molecule has 1 amide bonds. The first-order valence-electron chi connectivity index (χ1n) is 7.74. The zero-order valence-corrected chi connectivity index (χ0v) is 13.3. The van der Waals surface area contributed by atoms with E-state index in [4.69, 9.17) is 4.74 Å². The second kappa shape index (κ2) is 7.46. The van der Waals surface area contributed by atoms with Crippen LogP contribution >= 0.6 is 0 Å². The smallest absolute Gasteiger partial charge is 0.226 e. The molecule has 1 aromatic carbocycles. The highest BCUT2D eigenvalue weighted by molar-refractivity contribution is 5.76. The molecule has 2 unspecified atom stereocenters. The Morgan fingerprint density at radius 1 is 1.48 bits per heavy atom. The molecule has 1 aliphatic heterocycles. The van der Waals surface area contributed by atoms with Gasteiger partial charge >= 0.3 is 0 Å². The summed E-state index contributed by atoms with van der Waals surface area (Å²) in [6.07, 6.45) is 1.48. The third kappa shape index (κ3) is 4.46. The summed E-state index contributed by atoms with van der Waals surface area (Å²) in [5.41, 5.74) is 1.17. The van der Waals surface area contributed by atoms with Gasteiger partial charge in [0.25, 0.3) is 0 Å². The van der Waals surface area contributed by atoms with E-state index in [9.17, 15) is 4.79 Å². The van der Waals surface area contributed by atoms with Crippen molar-refractivity contribution in [3.8, 4) is 5.75 Å². The minimum absolute atomic E-state index is 0.198. The maximum Gasteiger partial charge on any atom is 0.226 e. The molecular formula is C17H26N2O2. The average Bonchev–Trinajstić information content (AvgIpc) is 2.47. The topological polar surface area (TPSA) is 41.6 Å². The summed E-state index contributed by atoms with van der Waals surface area (Å²) in [5, 5.41) is 3.32. The van der Waals surface area contributed by atoms with Crippen molar-refractivity contribution in [2.45, 2.75) is 32.7 Å². The molecule has 2 rings (SSSR count). The fourth-order valence-corrected chi connectivity index (χ4v) is 2.92. The number of carbonyl (C=O) groups excluding carboxylic acids is 1. The van der Waals surface area contributed by atoms with Gasteiger partial charge in [0.2, 0.25) is 5.91 Å². The summed E-state index contributed by atoms with van der Waals surface area (Å²) in [6.45, 7) is 6.37. The lowest BCUT2D eigenvalue weighted by Gasteiger charge is -2.36. The standard InChI is InChI=1S/C17H26N2O2/c1-13-5-4-6-15(11-13)21-10-8-17(20)19-9-7-16(18-3)14(2)12-19/h4-6,11,14,16,18H,7-10,12H2,1-3H3. The minimum Gasteiger partial charge on any atom is -0.493 e. The maximum absolute atomic E-state index is 12.2. The summed E-state index contributed by atoms with van der Waals surface area (Å²) in [7, 11) is 1.99. The van der Waals surface area contributed by atoms with Crippen molar-refractivity contribution in [2.75, 3.05) is 26.7 Å². The molecule has 1 heterocycles. The van der Waals surface area contributed by atoms with E-state index in [2.05, 4.69) is 12.2 Å². The zero-order chi connectivity index (χ0) is 15.2. The van der Waals surface area contributed by atoms with Crippen molar-refractivity contribution < 1.29 is 9.53 Å². The van der Waals surface area contributed by atoms with Gasteiger partial charge in [-0.1, -0.05) is 19.1 Å². The van der Waals surface area contributed by atoms with Crippen LogP contribution in [0.15, 0.2) is 24.3 Å². The van der Waals surface area contributed by atoms with E-state index in [0.29, 0.717) is 25.0 Å². The highest BCUT2D eigenvalue weighted by Gasteiger charge is 2.27. The number of ether oxygens (including phenoxy) is 1. The molecule has 1 aliphatic rings. The number of nitrogens with one attached hydrogen (secondary N) is 1. The molecule has 4 heteroatoms. The quantitative estimate of drug-likeness (QED) is 0.904. The Morgan fingerprint density at radius 3 is 2.95 bits per heavy atom. The van der Waals surface area contributed by atoms with Crippen LogP contribution in [0.4, 0.5) is 0 Å². The molecule has 4 nitrogen and oxygen atoms in total. The lowest BCUT2D eigenvalue weighted by atomic mass is 9.94. The molecule has 1 fully saturated rings. The Labute approximate surface area is 127 Å². The number of benzene rings is 1. The number of piperidine rings is 1. The molecule has 116 valence electrons. The fourth-order valence-electron chi connectivity index (χ4n) is 2.92. The summed E-state index contributed by atoms with van der Waals surface area (Å²) in [6, 6.07) is 8.45. The minimum atomic E-state index is 0.198. The van der Waals surface area contributed by atoms with Crippen molar-refractivity contribution in [1.82, 2.24) is 10.2 Å². The summed E-state index contributed by atoms with van der Waals surface area (Å²) >= 11 is 0. The first-order valence-corrected chi connectivity index (χ1v) is 7.74. The van der Waals surface area contributed by atoms with Gasteiger partial charge in [-0.3, -0.25) is 4.79 Å². The Kier molecular flexibility index (Phi) is 5.62. The van der Waals surface area contributed by atoms with Gasteiger partial charge in [-0.05, 0) is 44.0 Å². The summed E-state index contributed by atoms with van der Waals surface area (Å²) in [4.78, 5) is 14.2.